The summed E-state index contributed by atoms with van der Waals surface area (Å²) in [4.78, 5) is 14.9. The smallest absolute Gasteiger partial charge is 0.236 e. The van der Waals surface area contributed by atoms with Crippen LogP contribution in [0, 0.1) is 6.92 Å². The largest absolute Gasteiger partial charge is 0.337 e. The molecule has 0 spiro atoms. The standard InChI is InChI=1S/C20H21N5OS/c1-14-7-3-6-10-18(14)25-20(21-22-23-25)27-15(2)19(26)24-12-11-16-8-4-5-9-17(16)13-24/h3-10,15H,11-13H2,1-2H3/t15-/m0/s1. The van der Waals surface area contributed by atoms with Crippen LogP contribution in [0.2, 0.25) is 0 Å². The van der Waals surface area contributed by atoms with Gasteiger partial charge in [0.2, 0.25) is 11.1 Å². The third-order valence-electron chi connectivity index (χ3n) is 4.86. The van der Waals surface area contributed by atoms with E-state index in [1.165, 1.54) is 22.9 Å². The maximum atomic E-state index is 13.0. The molecule has 1 aliphatic heterocycles. The lowest BCUT2D eigenvalue weighted by Crippen LogP contribution is -2.40. The molecule has 0 N–H and O–H groups in total. The van der Waals surface area contributed by atoms with E-state index in [9.17, 15) is 4.79 Å². The van der Waals surface area contributed by atoms with E-state index in [2.05, 4.69) is 33.7 Å². The number of tetrazole rings is 1. The second-order valence-corrected chi connectivity index (χ2v) is 8.01. The number of rotatable bonds is 4. The Bertz CT molecular complexity index is 970. The number of hydrogen-bond donors (Lipinski definition) is 0. The van der Waals surface area contributed by atoms with E-state index in [-0.39, 0.29) is 11.2 Å². The first kappa shape index (κ1) is 17.7. The molecule has 0 radical (unpaired) electrons. The Morgan fingerprint density at radius 1 is 1.11 bits per heavy atom. The van der Waals surface area contributed by atoms with Crippen LogP contribution in [0.1, 0.15) is 23.6 Å². The zero-order valence-corrected chi connectivity index (χ0v) is 16.2. The molecule has 2 aromatic carbocycles. The van der Waals surface area contributed by atoms with Crippen LogP contribution in [-0.2, 0) is 17.8 Å². The monoisotopic (exact) mass is 379 g/mol. The number of aromatic nitrogens is 4. The zero-order valence-electron chi connectivity index (χ0n) is 15.4. The fourth-order valence-corrected chi connectivity index (χ4v) is 4.24. The molecular formula is C20H21N5OS. The highest BCUT2D eigenvalue weighted by Gasteiger charge is 2.27. The number of thioether (sulfide) groups is 1. The van der Waals surface area contributed by atoms with E-state index in [4.69, 9.17) is 0 Å². The molecule has 0 unspecified atom stereocenters. The van der Waals surface area contributed by atoms with Crippen molar-refractivity contribution in [3.63, 3.8) is 0 Å². The van der Waals surface area contributed by atoms with Gasteiger partial charge in [0, 0.05) is 13.1 Å². The third kappa shape index (κ3) is 3.60. The van der Waals surface area contributed by atoms with Gasteiger partial charge in [0.1, 0.15) is 0 Å². The third-order valence-corrected chi connectivity index (χ3v) is 5.88. The topological polar surface area (TPSA) is 63.9 Å². The molecular weight excluding hydrogens is 358 g/mol. The van der Waals surface area contributed by atoms with Crippen molar-refractivity contribution >= 4 is 17.7 Å². The van der Waals surface area contributed by atoms with E-state index in [1.807, 2.05) is 49.1 Å². The fourth-order valence-electron chi connectivity index (χ4n) is 3.35. The maximum absolute atomic E-state index is 13.0. The van der Waals surface area contributed by atoms with Crippen LogP contribution in [0.5, 0.6) is 0 Å². The zero-order chi connectivity index (χ0) is 18.8. The minimum atomic E-state index is -0.260. The van der Waals surface area contributed by atoms with Crippen molar-refractivity contribution in [2.24, 2.45) is 0 Å². The molecule has 7 heteroatoms. The van der Waals surface area contributed by atoms with Crippen molar-refractivity contribution in [3.05, 3.63) is 65.2 Å². The molecule has 1 aliphatic rings. The second-order valence-electron chi connectivity index (χ2n) is 6.70. The van der Waals surface area contributed by atoms with Gasteiger partial charge in [-0.15, -0.1) is 5.10 Å². The molecule has 1 amide bonds. The van der Waals surface area contributed by atoms with Crippen LogP contribution < -0.4 is 0 Å². The number of amides is 1. The minimum absolute atomic E-state index is 0.119. The first-order valence-corrected chi connectivity index (χ1v) is 9.88. The average molecular weight is 379 g/mol. The number of para-hydroxylation sites is 1. The molecule has 0 saturated heterocycles. The van der Waals surface area contributed by atoms with Gasteiger partial charge in [0.25, 0.3) is 0 Å². The van der Waals surface area contributed by atoms with Gasteiger partial charge in [-0.25, -0.2) is 0 Å². The summed E-state index contributed by atoms with van der Waals surface area (Å²) in [5.41, 5.74) is 4.58. The Kier molecular flexibility index (Phi) is 4.94. The van der Waals surface area contributed by atoms with E-state index in [1.54, 1.807) is 4.68 Å². The summed E-state index contributed by atoms with van der Waals surface area (Å²) < 4.78 is 1.70. The van der Waals surface area contributed by atoms with Crippen LogP contribution in [0.3, 0.4) is 0 Å². The molecule has 0 saturated carbocycles. The maximum Gasteiger partial charge on any atom is 0.236 e. The van der Waals surface area contributed by atoms with Crippen LogP contribution in [-0.4, -0.2) is 42.8 Å². The summed E-state index contributed by atoms with van der Waals surface area (Å²) >= 11 is 1.40. The van der Waals surface area contributed by atoms with E-state index >= 15 is 0 Å². The van der Waals surface area contributed by atoms with Gasteiger partial charge in [-0.2, -0.15) is 4.68 Å². The Morgan fingerprint density at radius 3 is 2.67 bits per heavy atom. The summed E-state index contributed by atoms with van der Waals surface area (Å²) in [7, 11) is 0. The van der Waals surface area contributed by atoms with Crippen molar-refractivity contribution in [1.29, 1.82) is 0 Å². The van der Waals surface area contributed by atoms with Crippen LogP contribution in [0.25, 0.3) is 5.69 Å². The van der Waals surface area contributed by atoms with Gasteiger partial charge in [-0.1, -0.05) is 54.2 Å². The number of carbonyl (C=O) groups is 1. The minimum Gasteiger partial charge on any atom is -0.337 e. The Labute approximate surface area is 162 Å². The summed E-state index contributed by atoms with van der Waals surface area (Å²) in [5.74, 6) is 0.119. The molecule has 1 aromatic heterocycles. The van der Waals surface area contributed by atoms with Crippen molar-refractivity contribution in [3.8, 4) is 5.69 Å². The predicted octanol–water partition coefficient (Wildman–Crippen LogP) is 3.04. The lowest BCUT2D eigenvalue weighted by molar-refractivity contribution is -0.131. The highest BCUT2D eigenvalue weighted by Crippen LogP contribution is 2.27. The normalized spacial score (nSPS) is 14.7. The number of hydrogen-bond acceptors (Lipinski definition) is 5. The van der Waals surface area contributed by atoms with Crippen molar-refractivity contribution in [2.75, 3.05) is 6.54 Å². The molecule has 0 aliphatic carbocycles. The first-order valence-electron chi connectivity index (χ1n) is 9.00. The quantitative estimate of drug-likeness (QED) is 0.652. The molecule has 0 bridgehead atoms. The first-order chi connectivity index (χ1) is 13.1. The summed E-state index contributed by atoms with van der Waals surface area (Å²) in [6.07, 6.45) is 0.903. The van der Waals surface area contributed by atoms with Gasteiger partial charge in [-0.05, 0) is 53.5 Å². The van der Waals surface area contributed by atoms with Crippen molar-refractivity contribution < 1.29 is 4.79 Å². The molecule has 27 heavy (non-hydrogen) atoms. The number of carbonyl (C=O) groups excluding carboxylic acids is 1. The van der Waals surface area contributed by atoms with Gasteiger partial charge >= 0.3 is 0 Å². The summed E-state index contributed by atoms with van der Waals surface area (Å²) in [6.45, 7) is 5.36. The van der Waals surface area contributed by atoms with Gasteiger partial charge in [0.05, 0.1) is 10.9 Å². The van der Waals surface area contributed by atoms with Crippen LogP contribution in [0.4, 0.5) is 0 Å². The molecule has 4 rings (SSSR count). The molecule has 6 nitrogen and oxygen atoms in total. The summed E-state index contributed by atoms with van der Waals surface area (Å²) in [6, 6.07) is 16.3. The lowest BCUT2D eigenvalue weighted by atomic mass is 10.00. The molecule has 0 fully saturated rings. The SMILES string of the molecule is Cc1ccccc1-n1nnnc1S[C@@H](C)C(=O)N1CCc2ccccc2C1. The van der Waals surface area contributed by atoms with Gasteiger partial charge in [0.15, 0.2) is 0 Å². The highest BCUT2D eigenvalue weighted by molar-refractivity contribution is 8.00. The predicted molar refractivity (Wildman–Crippen MR) is 105 cm³/mol. The number of fused-ring (bicyclic) bond motifs is 1. The average Bonchev–Trinajstić information content (AvgIpc) is 3.15. The van der Waals surface area contributed by atoms with E-state index in [0.29, 0.717) is 11.7 Å². The lowest BCUT2D eigenvalue weighted by Gasteiger charge is -2.30. The van der Waals surface area contributed by atoms with E-state index < -0.39 is 0 Å². The van der Waals surface area contributed by atoms with Crippen LogP contribution >= 0.6 is 11.8 Å². The Balaban J connectivity index is 1.49. The second kappa shape index (κ2) is 7.52. The Hall–Kier alpha value is -2.67. The summed E-state index contributed by atoms with van der Waals surface area (Å²) in [5, 5.41) is 12.4. The fraction of sp³-hybridized carbons (Fsp3) is 0.300. The highest BCUT2D eigenvalue weighted by atomic mass is 32.2. The molecule has 138 valence electrons. The van der Waals surface area contributed by atoms with Gasteiger partial charge < -0.3 is 4.90 Å². The number of benzene rings is 2. The van der Waals surface area contributed by atoms with E-state index in [0.717, 1.165) is 24.2 Å². The number of aryl methyl sites for hydroxylation is 1. The molecule has 2 heterocycles. The van der Waals surface area contributed by atoms with Crippen molar-refractivity contribution in [2.45, 2.75) is 37.2 Å². The molecule has 1 atom stereocenters. The number of nitrogens with zero attached hydrogens (tertiary/aromatic N) is 5. The van der Waals surface area contributed by atoms with Crippen molar-refractivity contribution in [1.82, 2.24) is 25.1 Å². The Morgan fingerprint density at radius 2 is 1.85 bits per heavy atom. The van der Waals surface area contributed by atoms with Crippen LogP contribution in [0.15, 0.2) is 53.7 Å². The van der Waals surface area contributed by atoms with Gasteiger partial charge in [-0.3, -0.25) is 4.79 Å². The molecule has 3 aromatic rings.